The number of hydrogen-bond acceptors (Lipinski definition) is 4. The lowest BCUT2D eigenvalue weighted by Gasteiger charge is -2.20. The Bertz CT molecular complexity index is 415. The van der Waals surface area contributed by atoms with Crippen LogP contribution in [0.5, 0.6) is 0 Å². The second-order valence-corrected chi connectivity index (χ2v) is 5.13. The molecule has 2 atom stereocenters. The van der Waals surface area contributed by atoms with Gasteiger partial charge in [0, 0.05) is 37.8 Å². The highest BCUT2D eigenvalue weighted by Crippen LogP contribution is 2.22. The van der Waals surface area contributed by atoms with E-state index in [1.807, 2.05) is 6.92 Å². The highest BCUT2D eigenvalue weighted by Gasteiger charge is 2.26. The number of furan rings is 1. The lowest BCUT2D eigenvalue weighted by Crippen LogP contribution is -2.35. The fourth-order valence-electron chi connectivity index (χ4n) is 2.53. The summed E-state index contributed by atoms with van der Waals surface area (Å²) in [4.78, 5) is 12.1. The van der Waals surface area contributed by atoms with Crippen LogP contribution in [0.15, 0.2) is 10.7 Å². The summed E-state index contributed by atoms with van der Waals surface area (Å²) in [6, 6.07) is 0. The van der Waals surface area contributed by atoms with Crippen molar-refractivity contribution in [3.63, 3.8) is 0 Å². The molecule has 2 heterocycles. The van der Waals surface area contributed by atoms with Crippen LogP contribution >= 0.6 is 0 Å². The van der Waals surface area contributed by atoms with Crippen molar-refractivity contribution in [3.05, 3.63) is 23.2 Å². The van der Waals surface area contributed by atoms with Gasteiger partial charge >= 0.3 is 0 Å². The average Bonchev–Trinajstić information content (AvgIpc) is 3.01. The number of carbonyl (C=O) groups excluding carboxylic acids is 1. The number of rotatable bonds is 5. The van der Waals surface area contributed by atoms with Crippen LogP contribution in [0.25, 0.3) is 0 Å². The molecule has 0 saturated carbocycles. The molecule has 5 heteroatoms. The van der Waals surface area contributed by atoms with Crippen LogP contribution in [0.2, 0.25) is 0 Å². The number of hydrogen-bond donors (Lipinski definition) is 2. The van der Waals surface area contributed by atoms with E-state index in [4.69, 9.17) is 9.15 Å². The molecule has 1 aromatic heterocycles. The van der Waals surface area contributed by atoms with Gasteiger partial charge in [-0.25, -0.2) is 0 Å². The molecule has 2 N–H and O–H groups in total. The van der Waals surface area contributed by atoms with Crippen molar-refractivity contribution in [3.8, 4) is 0 Å². The minimum Gasteiger partial charge on any atom is -0.469 e. The molecule has 0 bridgehead atoms. The third-order valence-electron chi connectivity index (χ3n) is 3.78. The Hall–Kier alpha value is -1.33. The Labute approximate surface area is 112 Å². The van der Waals surface area contributed by atoms with Crippen molar-refractivity contribution in [1.29, 1.82) is 0 Å². The maximum absolute atomic E-state index is 12.1. The largest absolute Gasteiger partial charge is 0.469 e. The lowest BCUT2D eigenvalue weighted by atomic mass is 9.92. The van der Waals surface area contributed by atoms with Crippen LogP contribution in [0.4, 0.5) is 0 Å². The van der Waals surface area contributed by atoms with Crippen LogP contribution in [0.3, 0.4) is 0 Å². The van der Waals surface area contributed by atoms with Gasteiger partial charge in [0.1, 0.15) is 5.76 Å². The fourth-order valence-corrected chi connectivity index (χ4v) is 2.53. The van der Waals surface area contributed by atoms with Crippen molar-refractivity contribution in [2.24, 2.45) is 11.8 Å². The van der Waals surface area contributed by atoms with Crippen LogP contribution in [0, 0.1) is 25.7 Å². The number of aliphatic hydroxyl groups is 1. The molecule has 0 spiro atoms. The molecule has 0 radical (unpaired) electrons. The van der Waals surface area contributed by atoms with Crippen LogP contribution < -0.4 is 5.32 Å². The molecule has 2 rings (SSSR count). The topological polar surface area (TPSA) is 71.7 Å². The zero-order chi connectivity index (χ0) is 13.8. The van der Waals surface area contributed by atoms with Crippen molar-refractivity contribution in [2.75, 3.05) is 26.4 Å². The van der Waals surface area contributed by atoms with E-state index in [1.165, 1.54) is 0 Å². The van der Waals surface area contributed by atoms with Gasteiger partial charge in [0.15, 0.2) is 0 Å². The number of ether oxygens (including phenoxy) is 1. The van der Waals surface area contributed by atoms with Gasteiger partial charge < -0.3 is 19.6 Å². The molecule has 1 aliphatic heterocycles. The summed E-state index contributed by atoms with van der Waals surface area (Å²) in [5, 5.41) is 12.3. The molecule has 19 heavy (non-hydrogen) atoms. The molecule has 1 aromatic rings. The fraction of sp³-hybridized carbons (Fsp3) is 0.643. The third kappa shape index (κ3) is 3.16. The molecule has 1 fully saturated rings. The van der Waals surface area contributed by atoms with Gasteiger partial charge in [-0.2, -0.15) is 0 Å². The van der Waals surface area contributed by atoms with Crippen LogP contribution in [-0.2, 0) is 4.74 Å². The van der Waals surface area contributed by atoms with Gasteiger partial charge in [0.05, 0.1) is 11.8 Å². The van der Waals surface area contributed by atoms with E-state index < -0.39 is 0 Å². The first-order valence-corrected chi connectivity index (χ1v) is 6.65. The Kier molecular flexibility index (Phi) is 4.61. The SMILES string of the molecule is Cc1coc(C)c1C(=O)NCC(CO)C1CCOC1. The maximum Gasteiger partial charge on any atom is 0.255 e. The van der Waals surface area contributed by atoms with E-state index in [2.05, 4.69) is 5.32 Å². The summed E-state index contributed by atoms with van der Waals surface area (Å²) in [6.45, 7) is 5.57. The Morgan fingerprint density at radius 2 is 2.37 bits per heavy atom. The first-order chi connectivity index (χ1) is 9.13. The van der Waals surface area contributed by atoms with Gasteiger partial charge in [-0.3, -0.25) is 4.79 Å². The molecule has 1 aliphatic rings. The number of aryl methyl sites for hydroxylation is 2. The molecule has 0 aliphatic carbocycles. The second-order valence-electron chi connectivity index (χ2n) is 5.13. The summed E-state index contributed by atoms with van der Waals surface area (Å²) in [6.07, 6.45) is 2.53. The smallest absolute Gasteiger partial charge is 0.255 e. The first-order valence-electron chi connectivity index (χ1n) is 6.65. The second kappa shape index (κ2) is 6.21. The van der Waals surface area contributed by atoms with Crippen LogP contribution in [-0.4, -0.2) is 37.4 Å². The predicted octanol–water partition coefficient (Wildman–Crippen LogP) is 1.27. The van der Waals surface area contributed by atoms with E-state index in [0.717, 1.165) is 18.6 Å². The van der Waals surface area contributed by atoms with Crippen molar-refractivity contribution in [2.45, 2.75) is 20.3 Å². The normalized spacial score (nSPS) is 20.5. The highest BCUT2D eigenvalue weighted by atomic mass is 16.5. The minimum absolute atomic E-state index is 0.0546. The summed E-state index contributed by atoms with van der Waals surface area (Å²) >= 11 is 0. The molecule has 1 amide bonds. The molecule has 2 unspecified atom stereocenters. The van der Waals surface area contributed by atoms with E-state index in [9.17, 15) is 9.90 Å². The number of nitrogens with one attached hydrogen (secondary N) is 1. The Balaban J connectivity index is 1.92. The quantitative estimate of drug-likeness (QED) is 0.842. The molecule has 0 aromatic carbocycles. The van der Waals surface area contributed by atoms with Gasteiger partial charge in [-0.1, -0.05) is 0 Å². The Morgan fingerprint density at radius 3 is 2.89 bits per heavy atom. The Morgan fingerprint density at radius 1 is 1.58 bits per heavy atom. The van der Waals surface area contributed by atoms with E-state index in [1.54, 1.807) is 13.2 Å². The molecular formula is C14H21NO4. The van der Waals surface area contributed by atoms with E-state index >= 15 is 0 Å². The number of amides is 1. The zero-order valence-corrected chi connectivity index (χ0v) is 11.4. The number of aliphatic hydroxyl groups excluding tert-OH is 1. The van der Waals surface area contributed by atoms with Crippen molar-refractivity contribution < 1.29 is 19.1 Å². The maximum atomic E-state index is 12.1. The zero-order valence-electron chi connectivity index (χ0n) is 11.4. The highest BCUT2D eigenvalue weighted by molar-refractivity contribution is 5.96. The van der Waals surface area contributed by atoms with Gasteiger partial charge in [-0.15, -0.1) is 0 Å². The summed E-state index contributed by atoms with van der Waals surface area (Å²) in [5.74, 6) is 0.872. The van der Waals surface area contributed by atoms with Crippen molar-refractivity contribution in [1.82, 2.24) is 5.32 Å². The standard InChI is InChI=1S/C14H21NO4/c1-9-7-19-10(2)13(9)14(17)15-5-12(6-16)11-3-4-18-8-11/h7,11-12,16H,3-6,8H2,1-2H3,(H,15,17). The van der Waals surface area contributed by atoms with Gasteiger partial charge in [0.25, 0.3) is 5.91 Å². The molecule has 1 saturated heterocycles. The van der Waals surface area contributed by atoms with E-state index in [-0.39, 0.29) is 18.4 Å². The predicted molar refractivity (Wildman–Crippen MR) is 70.0 cm³/mol. The average molecular weight is 267 g/mol. The first kappa shape index (κ1) is 14.1. The molecular weight excluding hydrogens is 246 g/mol. The molecule has 106 valence electrons. The molecule has 5 nitrogen and oxygen atoms in total. The van der Waals surface area contributed by atoms with Crippen molar-refractivity contribution >= 4 is 5.91 Å². The van der Waals surface area contributed by atoms with Gasteiger partial charge in [0.2, 0.25) is 0 Å². The summed E-state index contributed by atoms with van der Waals surface area (Å²) in [5.41, 5.74) is 1.43. The number of carbonyl (C=O) groups is 1. The minimum atomic E-state index is -0.138. The van der Waals surface area contributed by atoms with Crippen LogP contribution in [0.1, 0.15) is 28.1 Å². The monoisotopic (exact) mass is 267 g/mol. The van der Waals surface area contributed by atoms with Gasteiger partial charge in [-0.05, 0) is 26.2 Å². The lowest BCUT2D eigenvalue weighted by molar-refractivity contribution is 0.0915. The summed E-state index contributed by atoms with van der Waals surface area (Å²) < 4.78 is 10.5. The third-order valence-corrected chi connectivity index (χ3v) is 3.78. The van der Waals surface area contributed by atoms with E-state index in [0.29, 0.717) is 30.4 Å². The summed E-state index contributed by atoms with van der Waals surface area (Å²) in [7, 11) is 0.